The van der Waals surface area contributed by atoms with Gasteiger partial charge in [-0.2, -0.15) is 0 Å². The zero-order valence-corrected chi connectivity index (χ0v) is 13.5. The van der Waals surface area contributed by atoms with Crippen LogP contribution in [0, 0.1) is 0 Å². The Labute approximate surface area is 140 Å². The van der Waals surface area contributed by atoms with Crippen molar-refractivity contribution in [3.05, 3.63) is 83.4 Å². The average Bonchev–Trinajstić information content (AvgIpc) is 2.62. The van der Waals surface area contributed by atoms with Gasteiger partial charge in [0.25, 0.3) is 0 Å². The third kappa shape index (κ3) is 3.51. The predicted molar refractivity (Wildman–Crippen MR) is 94.4 cm³/mol. The molecule has 0 saturated heterocycles. The van der Waals surface area contributed by atoms with Gasteiger partial charge in [-0.1, -0.05) is 48.5 Å². The molecule has 120 valence electrons. The number of hydrogen-bond acceptors (Lipinski definition) is 3. The first-order chi connectivity index (χ1) is 11.7. The standard InChI is InChI=1S/C21H18O3/c1-2-24-21(23)17-9-7-15(8-10-17)13-20(22)19-12-11-16-5-3-4-6-18(16)14-19/h3-12,14H,2,13H2,1H3. The van der Waals surface area contributed by atoms with E-state index in [0.29, 0.717) is 24.2 Å². The number of carbonyl (C=O) groups excluding carboxylic acids is 2. The van der Waals surface area contributed by atoms with Crippen LogP contribution in [0.3, 0.4) is 0 Å². The number of rotatable bonds is 5. The van der Waals surface area contributed by atoms with Crippen LogP contribution in [0.4, 0.5) is 0 Å². The number of ketones is 1. The molecular formula is C21H18O3. The van der Waals surface area contributed by atoms with Gasteiger partial charge in [0.2, 0.25) is 0 Å². The molecule has 0 radical (unpaired) electrons. The van der Waals surface area contributed by atoms with Gasteiger partial charge in [0.05, 0.1) is 12.2 Å². The summed E-state index contributed by atoms with van der Waals surface area (Å²) in [6, 6.07) is 20.7. The lowest BCUT2D eigenvalue weighted by molar-refractivity contribution is 0.0526. The maximum Gasteiger partial charge on any atom is 0.338 e. The van der Waals surface area contributed by atoms with Crippen LogP contribution in [-0.2, 0) is 11.2 Å². The molecule has 24 heavy (non-hydrogen) atoms. The molecule has 0 saturated carbocycles. The summed E-state index contributed by atoms with van der Waals surface area (Å²) in [5, 5.41) is 2.17. The Bertz CT molecular complexity index is 879. The lowest BCUT2D eigenvalue weighted by atomic mass is 9.99. The normalized spacial score (nSPS) is 10.5. The van der Waals surface area contributed by atoms with Crippen LogP contribution in [-0.4, -0.2) is 18.4 Å². The summed E-state index contributed by atoms with van der Waals surface area (Å²) in [5.74, 6) is -0.283. The molecule has 0 amide bonds. The third-order valence-corrected chi connectivity index (χ3v) is 3.90. The molecule has 0 heterocycles. The molecule has 0 aliphatic heterocycles. The Morgan fingerprint density at radius 3 is 2.21 bits per heavy atom. The van der Waals surface area contributed by atoms with Gasteiger partial charge in [0.1, 0.15) is 0 Å². The molecular weight excluding hydrogens is 300 g/mol. The summed E-state index contributed by atoms with van der Waals surface area (Å²) < 4.78 is 4.95. The average molecular weight is 318 g/mol. The zero-order chi connectivity index (χ0) is 16.9. The monoisotopic (exact) mass is 318 g/mol. The summed E-state index contributed by atoms with van der Waals surface area (Å²) in [4.78, 5) is 24.1. The van der Waals surface area contributed by atoms with E-state index < -0.39 is 0 Å². The summed E-state index contributed by atoms with van der Waals surface area (Å²) in [7, 11) is 0. The second-order valence-corrected chi connectivity index (χ2v) is 5.58. The van der Waals surface area contributed by atoms with Gasteiger partial charge in [-0.25, -0.2) is 4.79 Å². The van der Waals surface area contributed by atoms with E-state index in [4.69, 9.17) is 4.74 Å². The van der Waals surface area contributed by atoms with Crippen molar-refractivity contribution in [1.82, 2.24) is 0 Å². The van der Waals surface area contributed by atoms with E-state index in [1.54, 1.807) is 31.2 Å². The number of carbonyl (C=O) groups is 2. The van der Waals surface area contributed by atoms with E-state index in [9.17, 15) is 9.59 Å². The molecule has 3 aromatic carbocycles. The maximum atomic E-state index is 12.5. The number of fused-ring (bicyclic) bond motifs is 1. The molecule has 0 aliphatic carbocycles. The van der Waals surface area contributed by atoms with Gasteiger partial charge in [0, 0.05) is 12.0 Å². The SMILES string of the molecule is CCOC(=O)c1ccc(CC(=O)c2ccc3ccccc3c2)cc1. The maximum absolute atomic E-state index is 12.5. The molecule has 0 fully saturated rings. The molecule has 3 rings (SSSR count). The smallest absolute Gasteiger partial charge is 0.338 e. The Morgan fingerprint density at radius 1 is 0.833 bits per heavy atom. The lowest BCUT2D eigenvalue weighted by Gasteiger charge is -2.05. The van der Waals surface area contributed by atoms with Crippen molar-refractivity contribution in [3.8, 4) is 0 Å². The number of esters is 1. The first-order valence-corrected chi connectivity index (χ1v) is 7.95. The summed E-state index contributed by atoms with van der Waals surface area (Å²) in [6.45, 7) is 2.12. The van der Waals surface area contributed by atoms with Crippen molar-refractivity contribution >= 4 is 22.5 Å². The van der Waals surface area contributed by atoms with E-state index >= 15 is 0 Å². The van der Waals surface area contributed by atoms with E-state index in [1.165, 1.54) is 0 Å². The highest BCUT2D eigenvalue weighted by Gasteiger charge is 2.10. The summed E-state index contributed by atoms with van der Waals surface area (Å²) in [5.41, 5.74) is 2.07. The van der Waals surface area contributed by atoms with Crippen molar-refractivity contribution < 1.29 is 14.3 Å². The van der Waals surface area contributed by atoms with Gasteiger partial charge in [-0.3, -0.25) is 4.79 Å². The number of benzene rings is 3. The largest absolute Gasteiger partial charge is 0.462 e. The first-order valence-electron chi connectivity index (χ1n) is 7.95. The molecule has 3 heteroatoms. The third-order valence-electron chi connectivity index (χ3n) is 3.90. The highest BCUT2D eigenvalue weighted by molar-refractivity contribution is 6.01. The minimum absolute atomic E-state index is 0.0598. The van der Waals surface area contributed by atoms with E-state index in [2.05, 4.69) is 0 Å². The number of hydrogen-bond donors (Lipinski definition) is 0. The van der Waals surface area contributed by atoms with Crippen LogP contribution in [0.5, 0.6) is 0 Å². The number of Topliss-reactive ketones (excluding diaryl/α,β-unsaturated/α-hetero) is 1. The van der Waals surface area contributed by atoms with Gasteiger partial charge in [-0.15, -0.1) is 0 Å². The molecule has 0 bridgehead atoms. The Balaban J connectivity index is 1.74. The Morgan fingerprint density at radius 2 is 1.50 bits per heavy atom. The van der Waals surface area contributed by atoms with Crippen LogP contribution in [0.2, 0.25) is 0 Å². The summed E-state index contributed by atoms with van der Waals surface area (Å²) in [6.07, 6.45) is 0.307. The fraction of sp³-hybridized carbons (Fsp3) is 0.143. The quantitative estimate of drug-likeness (QED) is 0.516. The highest BCUT2D eigenvalue weighted by Crippen LogP contribution is 2.17. The molecule has 0 spiro atoms. The van der Waals surface area contributed by atoms with Gasteiger partial charge < -0.3 is 4.74 Å². The lowest BCUT2D eigenvalue weighted by Crippen LogP contribution is -2.06. The molecule has 0 aliphatic rings. The first kappa shape index (κ1) is 15.9. The minimum atomic E-state index is -0.343. The second kappa shape index (κ2) is 7.09. The Kier molecular flexibility index (Phi) is 4.71. The molecule has 3 aromatic rings. The van der Waals surface area contributed by atoms with Crippen molar-refractivity contribution in [2.75, 3.05) is 6.61 Å². The van der Waals surface area contributed by atoms with Gasteiger partial charge in [-0.05, 0) is 41.5 Å². The molecule has 3 nitrogen and oxygen atoms in total. The minimum Gasteiger partial charge on any atom is -0.462 e. The molecule has 0 N–H and O–H groups in total. The van der Waals surface area contributed by atoms with Crippen LogP contribution in [0.1, 0.15) is 33.2 Å². The van der Waals surface area contributed by atoms with Crippen molar-refractivity contribution in [3.63, 3.8) is 0 Å². The molecule has 0 aromatic heterocycles. The van der Waals surface area contributed by atoms with Crippen LogP contribution >= 0.6 is 0 Å². The number of ether oxygens (including phenoxy) is 1. The fourth-order valence-electron chi connectivity index (χ4n) is 2.62. The van der Waals surface area contributed by atoms with Crippen molar-refractivity contribution in [1.29, 1.82) is 0 Å². The van der Waals surface area contributed by atoms with Crippen molar-refractivity contribution in [2.45, 2.75) is 13.3 Å². The predicted octanol–water partition coefficient (Wildman–Crippen LogP) is 4.44. The zero-order valence-electron chi connectivity index (χ0n) is 13.5. The van der Waals surface area contributed by atoms with Gasteiger partial charge >= 0.3 is 5.97 Å². The van der Waals surface area contributed by atoms with Crippen LogP contribution in [0.15, 0.2) is 66.7 Å². The Hall–Kier alpha value is -2.94. The topological polar surface area (TPSA) is 43.4 Å². The van der Waals surface area contributed by atoms with E-state index in [0.717, 1.165) is 16.3 Å². The van der Waals surface area contributed by atoms with Crippen LogP contribution in [0.25, 0.3) is 10.8 Å². The fourth-order valence-corrected chi connectivity index (χ4v) is 2.62. The molecule has 0 atom stereocenters. The van der Waals surface area contributed by atoms with Crippen LogP contribution < -0.4 is 0 Å². The summed E-state index contributed by atoms with van der Waals surface area (Å²) >= 11 is 0. The van der Waals surface area contributed by atoms with E-state index in [-0.39, 0.29) is 11.8 Å². The van der Waals surface area contributed by atoms with E-state index in [1.807, 2.05) is 42.5 Å². The second-order valence-electron chi connectivity index (χ2n) is 5.58. The molecule has 0 unspecified atom stereocenters. The highest BCUT2D eigenvalue weighted by atomic mass is 16.5. The van der Waals surface area contributed by atoms with Gasteiger partial charge in [0.15, 0.2) is 5.78 Å². The van der Waals surface area contributed by atoms with Crippen molar-refractivity contribution in [2.24, 2.45) is 0 Å².